The van der Waals surface area contributed by atoms with Crippen molar-refractivity contribution in [3.05, 3.63) is 41.2 Å². The number of hydrogen-bond donors (Lipinski definition) is 0. The van der Waals surface area contributed by atoms with Crippen LogP contribution >= 0.6 is 35.7 Å². The van der Waals surface area contributed by atoms with Gasteiger partial charge in [-0.25, -0.2) is 0 Å². The second-order valence-electron chi connectivity index (χ2n) is 12.2. The minimum absolute atomic E-state index is 0. The van der Waals surface area contributed by atoms with Crippen LogP contribution in [0, 0.1) is 49.1 Å². The number of benzene rings is 1. The molecule has 245 valence electrons. The molecule has 3 radical (unpaired) electrons. The summed E-state index contributed by atoms with van der Waals surface area (Å²) in [6.07, 6.45) is -0.280. The molecule has 0 saturated carbocycles. The fourth-order valence-electron chi connectivity index (χ4n) is 4.52. The number of esters is 1. The van der Waals surface area contributed by atoms with E-state index in [0.717, 1.165) is 6.42 Å². The number of nitrogens with zero attached hydrogens (tertiary/aromatic N) is 1. The number of Topliss-reactive ketones (excluding diaryl/α,β-unsaturated/α-hetero) is 1. The van der Waals surface area contributed by atoms with Gasteiger partial charge in [0.1, 0.15) is 0 Å². The molecule has 0 aliphatic rings. The summed E-state index contributed by atoms with van der Waals surface area (Å²) in [7, 11) is 1.55. The molecule has 0 fully saturated rings. The maximum atomic E-state index is 13.0. The molecule has 1 rings (SSSR count). The van der Waals surface area contributed by atoms with Crippen molar-refractivity contribution in [2.45, 2.75) is 102 Å². The van der Waals surface area contributed by atoms with E-state index in [4.69, 9.17) is 26.4 Å². The van der Waals surface area contributed by atoms with Crippen LogP contribution in [0.15, 0.2) is 30.3 Å². The van der Waals surface area contributed by atoms with Gasteiger partial charge in [0.2, 0.25) is 0 Å². The topological polar surface area (TPSA) is 93.0 Å². The molecule has 1 aromatic carbocycles. The Balaban J connectivity index is 0.0000176. The van der Waals surface area contributed by atoms with Crippen molar-refractivity contribution >= 4 is 81.3 Å². The first kappa shape index (κ1) is 43.7. The van der Waals surface area contributed by atoms with Crippen molar-refractivity contribution in [3.63, 3.8) is 0 Å². The zero-order valence-electron chi connectivity index (χ0n) is 27.0. The van der Waals surface area contributed by atoms with Gasteiger partial charge in [0.05, 0.1) is 0 Å². The fourth-order valence-corrected chi connectivity index (χ4v) is 8.64. The van der Waals surface area contributed by atoms with Crippen molar-refractivity contribution < 1.29 is 66.3 Å². The summed E-state index contributed by atoms with van der Waals surface area (Å²) >= 11 is 9.18. The third-order valence-corrected chi connectivity index (χ3v) is 10.7. The third kappa shape index (κ3) is 16.4. The molecule has 7 nitrogen and oxygen atoms in total. The van der Waals surface area contributed by atoms with Gasteiger partial charge in [-0.05, 0) is 5.56 Å². The van der Waals surface area contributed by atoms with Crippen LogP contribution in [0.3, 0.4) is 0 Å². The van der Waals surface area contributed by atoms with Gasteiger partial charge in [0.15, 0.2) is 0 Å². The molecule has 1 amide bonds. The van der Waals surface area contributed by atoms with Gasteiger partial charge in [-0.1, -0.05) is 30.3 Å². The van der Waals surface area contributed by atoms with Crippen LogP contribution in [0.25, 0.3) is 5.32 Å². The Kier molecular flexibility index (Phi) is 20.4. The van der Waals surface area contributed by atoms with Crippen LogP contribution in [0.4, 0.5) is 0 Å². The Bertz CT molecular complexity index is 1060. The summed E-state index contributed by atoms with van der Waals surface area (Å²) in [5.41, 5.74) is 1.13. The SMILES string of the molecule is C[N-]C(=O)C(CC(C)(C)Cc1ccccc1)C(C)(C)SC(=S)SCCO[C](C)([In])C(=O)[C@H](C)OC(=O)[C@@H](C)OC(C)C.[Ho]. The number of amides is 1. The smallest absolute Gasteiger partial charge is 0 e. The number of carbonyl (C=O) groups is 3. The Morgan fingerprint density at radius 3 is 2.12 bits per heavy atom. The van der Waals surface area contributed by atoms with Gasteiger partial charge in [0, 0.05) is 37.7 Å². The third-order valence-electron chi connectivity index (χ3n) is 6.65. The average Bonchev–Trinajstić information content (AvgIpc) is 2.88. The molecule has 1 aromatic rings. The standard InChI is InChI=1S/C31H48NO6S3.Ho.In/c1-20(2)37-23(5)28(35)38-22(4)26(33)21(3)36-16-17-40-29(39)41-31(8,9)25(27(34)32-10)19-30(6,7)18-24-14-12-11-13-15-24;;/h11-15,20,22-23,25H,16-19H2,1-10H3,(H,32,34);;/p-1/t22-,23+,25?;;/m0../s1. The average molecular weight is 906 g/mol. The Morgan fingerprint density at radius 1 is 1.00 bits per heavy atom. The molecule has 0 saturated heterocycles. The van der Waals surface area contributed by atoms with Gasteiger partial charge >= 0.3 is 248 Å². The van der Waals surface area contributed by atoms with E-state index in [-0.39, 0.29) is 66.9 Å². The molecule has 0 N–H and O–H groups in total. The molecule has 0 heterocycles. The number of hydrogen-bond acceptors (Lipinski definition) is 9. The van der Waals surface area contributed by atoms with Crippen LogP contribution in [0.2, 0.25) is 0 Å². The molecule has 0 bridgehead atoms. The Morgan fingerprint density at radius 2 is 1.58 bits per heavy atom. The van der Waals surface area contributed by atoms with E-state index in [2.05, 4.69) is 45.1 Å². The largest absolute Gasteiger partial charge is 0 e. The first-order chi connectivity index (χ1) is 19.3. The molecule has 12 heteroatoms. The van der Waals surface area contributed by atoms with E-state index < -0.39 is 26.3 Å². The van der Waals surface area contributed by atoms with E-state index in [0.29, 0.717) is 46.7 Å². The van der Waals surface area contributed by atoms with Crippen LogP contribution in [0.5, 0.6) is 0 Å². The quantitative estimate of drug-likeness (QED) is 0.0749. The number of ketones is 1. The second-order valence-corrected chi connectivity index (χ2v) is 19.3. The zero-order chi connectivity index (χ0) is 32.3. The molecule has 0 aromatic heterocycles. The van der Waals surface area contributed by atoms with E-state index in [9.17, 15) is 14.4 Å². The number of ether oxygens (including phenoxy) is 3. The second kappa shape index (κ2) is 20.1. The molecule has 2 unspecified atom stereocenters. The number of rotatable bonds is 17. The first-order valence-corrected chi connectivity index (χ1v) is 18.0. The fraction of sp³-hybridized carbons (Fsp3) is 0.677. The maximum absolute atomic E-state index is 13.0. The van der Waals surface area contributed by atoms with Gasteiger partial charge in [0.25, 0.3) is 0 Å². The van der Waals surface area contributed by atoms with Crippen LogP contribution < -0.4 is 0 Å². The molecule has 0 aliphatic carbocycles. The summed E-state index contributed by atoms with van der Waals surface area (Å²) in [6, 6.07) is 10.3. The molecule has 0 aliphatic heterocycles. The van der Waals surface area contributed by atoms with Crippen LogP contribution in [0.1, 0.15) is 74.3 Å². The summed E-state index contributed by atoms with van der Waals surface area (Å²) < 4.78 is 16.0. The van der Waals surface area contributed by atoms with Gasteiger partial charge in [-0.2, -0.15) is 0 Å². The number of thiocarbonyl (C=S) groups is 1. The van der Waals surface area contributed by atoms with E-state index in [1.165, 1.54) is 29.1 Å². The van der Waals surface area contributed by atoms with Gasteiger partial charge in [-0.3, -0.25) is 0 Å². The van der Waals surface area contributed by atoms with Crippen LogP contribution in [-0.4, -0.2) is 91.4 Å². The number of thioether (sulfide) groups is 2. The molecule has 43 heavy (non-hydrogen) atoms. The predicted octanol–water partition coefficient (Wildman–Crippen LogP) is 6.54. The van der Waals surface area contributed by atoms with E-state index >= 15 is 0 Å². The summed E-state index contributed by atoms with van der Waals surface area (Å²) in [5, 5.41) is 4.04. The van der Waals surface area contributed by atoms with Crippen molar-refractivity contribution in [1.82, 2.24) is 0 Å². The van der Waals surface area contributed by atoms with E-state index in [1.54, 1.807) is 27.8 Å². The summed E-state index contributed by atoms with van der Waals surface area (Å²) in [5.74, 6) is -0.718. The van der Waals surface area contributed by atoms with Gasteiger partial charge in [-0.15, -0.1) is 0 Å². The van der Waals surface area contributed by atoms with Crippen LogP contribution in [-0.2, 0) is 35.0 Å². The monoisotopic (exact) mass is 905 g/mol. The van der Waals surface area contributed by atoms with Crippen molar-refractivity contribution in [3.8, 4) is 0 Å². The predicted molar refractivity (Wildman–Crippen MR) is 179 cm³/mol. The van der Waals surface area contributed by atoms with Crippen molar-refractivity contribution in [1.29, 1.82) is 0 Å². The summed E-state index contributed by atoms with van der Waals surface area (Å²) in [4.78, 5) is 38.2. The zero-order valence-corrected chi connectivity index (χ0v) is 34.7. The normalized spacial score (nSPS) is 15.4. The van der Waals surface area contributed by atoms with E-state index in [1.807, 2.05) is 32.0 Å². The number of carbonyl (C=O) groups excluding carboxylic acids is 3. The minimum atomic E-state index is -1.02. The Hall–Kier alpha value is 0.670. The first-order valence-electron chi connectivity index (χ1n) is 14.2. The Labute approximate surface area is 317 Å². The van der Waals surface area contributed by atoms with Crippen molar-refractivity contribution in [2.75, 3.05) is 19.4 Å². The summed E-state index contributed by atoms with van der Waals surface area (Å²) in [6.45, 7) is 17.3. The maximum Gasteiger partial charge on any atom is 0 e. The minimum Gasteiger partial charge on any atom is 0 e. The molecule has 0 spiro atoms. The van der Waals surface area contributed by atoms with Gasteiger partial charge < -0.3 is 0 Å². The molecular formula is C31H47HoInNO6S3-. The molecule has 4 atom stereocenters. The molecular weight excluding hydrogens is 858 g/mol. The van der Waals surface area contributed by atoms with Crippen molar-refractivity contribution in [2.24, 2.45) is 11.3 Å².